The van der Waals surface area contributed by atoms with Crippen LogP contribution in [0.1, 0.15) is 11.1 Å². The quantitative estimate of drug-likeness (QED) is 0.392. The Morgan fingerprint density at radius 1 is 1.07 bits per heavy atom. The van der Waals surface area contributed by atoms with Crippen LogP contribution < -0.4 is 14.9 Å². The van der Waals surface area contributed by atoms with Crippen molar-refractivity contribution >= 4 is 27.8 Å². The van der Waals surface area contributed by atoms with Crippen molar-refractivity contribution in [3.63, 3.8) is 0 Å². The second-order valence-corrected chi connectivity index (χ2v) is 6.54. The predicted molar refractivity (Wildman–Crippen MR) is 109 cm³/mol. The maximum atomic E-state index is 13.3. The number of hydrogen-bond acceptors (Lipinski definition) is 4. The van der Waals surface area contributed by atoms with Crippen LogP contribution in [0.5, 0.6) is 11.5 Å². The highest BCUT2D eigenvalue weighted by Crippen LogP contribution is 2.36. The minimum absolute atomic E-state index is 0.232. The largest absolute Gasteiger partial charge is 0.493 e. The molecule has 0 unspecified atom stereocenters. The number of hydrazone groups is 1. The number of para-hydroxylation sites is 1. The fourth-order valence-corrected chi connectivity index (χ4v) is 3.00. The summed E-state index contributed by atoms with van der Waals surface area (Å²) in [5, 5.41) is 4.23. The van der Waals surface area contributed by atoms with E-state index in [9.17, 15) is 4.39 Å². The number of benzene rings is 3. The van der Waals surface area contributed by atoms with Crippen LogP contribution in [0.2, 0.25) is 0 Å². The summed E-state index contributed by atoms with van der Waals surface area (Å²) in [6, 6.07) is 19.7. The van der Waals surface area contributed by atoms with Gasteiger partial charge in [-0.25, -0.2) is 4.39 Å². The van der Waals surface area contributed by atoms with Crippen molar-refractivity contribution in [1.29, 1.82) is 0 Å². The van der Waals surface area contributed by atoms with Crippen LogP contribution in [0.25, 0.3) is 0 Å². The SMILES string of the molecule is COc1cc(C=NNc2ccccc2)cc(Br)c1OCc1cccc(F)c1. The summed E-state index contributed by atoms with van der Waals surface area (Å²) in [6.45, 7) is 0.232. The Balaban J connectivity index is 1.72. The molecular formula is C21H18BrFN2O2. The second kappa shape index (κ2) is 9.19. The molecule has 6 heteroatoms. The minimum Gasteiger partial charge on any atom is -0.493 e. The summed E-state index contributed by atoms with van der Waals surface area (Å²) in [4.78, 5) is 0. The summed E-state index contributed by atoms with van der Waals surface area (Å²) in [5.74, 6) is 0.816. The van der Waals surface area contributed by atoms with Gasteiger partial charge in [0.25, 0.3) is 0 Å². The smallest absolute Gasteiger partial charge is 0.175 e. The molecule has 3 aromatic carbocycles. The van der Waals surface area contributed by atoms with Gasteiger partial charge in [-0.15, -0.1) is 0 Å². The Labute approximate surface area is 165 Å². The van der Waals surface area contributed by atoms with Crippen LogP contribution in [0.15, 0.2) is 76.3 Å². The lowest BCUT2D eigenvalue weighted by Crippen LogP contribution is -2.00. The fourth-order valence-electron chi connectivity index (χ4n) is 2.43. The van der Waals surface area contributed by atoms with Gasteiger partial charge in [0.2, 0.25) is 0 Å². The first-order chi connectivity index (χ1) is 13.2. The number of hydrogen-bond donors (Lipinski definition) is 1. The van der Waals surface area contributed by atoms with Gasteiger partial charge in [0.15, 0.2) is 11.5 Å². The molecule has 0 saturated carbocycles. The van der Waals surface area contributed by atoms with E-state index in [-0.39, 0.29) is 12.4 Å². The number of rotatable bonds is 7. The standard InChI is InChI=1S/C21H18BrFN2O2/c1-26-20-12-16(13-24-25-18-8-3-2-4-9-18)11-19(22)21(20)27-14-15-6-5-7-17(23)10-15/h2-13,25H,14H2,1H3. The lowest BCUT2D eigenvalue weighted by molar-refractivity contribution is 0.282. The summed E-state index contributed by atoms with van der Waals surface area (Å²) in [5.41, 5.74) is 5.43. The zero-order valence-electron chi connectivity index (χ0n) is 14.7. The van der Waals surface area contributed by atoms with E-state index in [1.165, 1.54) is 12.1 Å². The molecule has 0 bridgehead atoms. The number of nitrogens with one attached hydrogen (secondary N) is 1. The minimum atomic E-state index is -0.292. The van der Waals surface area contributed by atoms with Crippen LogP contribution in [-0.2, 0) is 6.61 Å². The normalized spacial score (nSPS) is 10.8. The van der Waals surface area contributed by atoms with Crippen LogP contribution in [-0.4, -0.2) is 13.3 Å². The van der Waals surface area contributed by atoms with Gasteiger partial charge in [-0.1, -0.05) is 30.3 Å². The fraction of sp³-hybridized carbons (Fsp3) is 0.0952. The van der Waals surface area contributed by atoms with E-state index < -0.39 is 0 Å². The molecule has 1 N–H and O–H groups in total. The molecule has 0 heterocycles. The first kappa shape index (κ1) is 18.9. The van der Waals surface area contributed by atoms with Crippen molar-refractivity contribution in [2.24, 2.45) is 5.10 Å². The highest BCUT2D eigenvalue weighted by Gasteiger charge is 2.11. The summed E-state index contributed by atoms with van der Waals surface area (Å²) < 4.78 is 25.3. The van der Waals surface area contributed by atoms with Crippen LogP contribution in [0.3, 0.4) is 0 Å². The Bertz CT molecular complexity index is 933. The summed E-state index contributed by atoms with van der Waals surface area (Å²) in [7, 11) is 1.57. The van der Waals surface area contributed by atoms with Crippen molar-refractivity contribution < 1.29 is 13.9 Å². The third-order valence-electron chi connectivity index (χ3n) is 3.71. The molecule has 0 atom stereocenters. The molecule has 0 aliphatic heterocycles. The molecule has 3 rings (SSSR count). The molecule has 0 amide bonds. The van der Waals surface area contributed by atoms with E-state index in [1.807, 2.05) is 42.5 Å². The Kier molecular flexibility index (Phi) is 6.44. The van der Waals surface area contributed by atoms with Crippen molar-refractivity contribution in [1.82, 2.24) is 0 Å². The molecule has 0 aliphatic rings. The molecule has 0 saturated heterocycles. The lowest BCUT2D eigenvalue weighted by Gasteiger charge is -2.13. The molecule has 3 aromatic rings. The van der Waals surface area contributed by atoms with Crippen molar-refractivity contribution in [2.45, 2.75) is 6.61 Å². The number of anilines is 1. The molecule has 138 valence electrons. The first-order valence-electron chi connectivity index (χ1n) is 8.24. The van der Waals surface area contributed by atoms with Gasteiger partial charge in [-0.3, -0.25) is 5.43 Å². The van der Waals surface area contributed by atoms with E-state index in [0.717, 1.165) is 21.3 Å². The third kappa shape index (κ3) is 5.31. The molecule has 27 heavy (non-hydrogen) atoms. The predicted octanol–water partition coefficient (Wildman–Crippen LogP) is 5.62. The second-order valence-electron chi connectivity index (χ2n) is 5.69. The van der Waals surface area contributed by atoms with Gasteiger partial charge < -0.3 is 9.47 Å². The summed E-state index contributed by atoms with van der Waals surface area (Å²) in [6.07, 6.45) is 1.69. The van der Waals surface area contributed by atoms with Crippen LogP contribution in [0.4, 0.5) is 10.1 Å². The Morgan fingerprint density at radius 3 is 2.63 bits per heavy atom. The van der Waals surface area contributed by atoms with Gasteiger partial charge >= 0.3 is 0 Å². The number of ether oxygens (including phenoxy) is 2. The van der Waals surface area contributed by atoms with E-state index in [1.54, 1.807) is 25.5 Å². The molecule has 0 spiro atoms. The first-order valence-corrected chi connectivity index (χ1v) is 9.04. The number of nitrogens with zero attached hydrogens (tertiary/aromatic N) is 1. The molecule has 0 fully saturated rings. The number of methoxy groups -OCH3 is 1. The van der Waals surface area contributed by atoms with Gasteiger partial charge in [-0.05, 0) is 63.5 Å². The van der Waals surface area contributed by atoms with E-state index in [0.29, 0.717) is 11.5 Å². The van der Waals surface area contributed by atoms with Gasteiger partial charge in [-0.2, -0.15) is 5.10 Å². The average Bonchev–Trinajstić information content (AvgIpc) is 2.67. The van der Waals surface area contributed by atoms with E-state index in [4.69, 9.17) is 9.47 Å². The highest BCUT2D eigenvalue weighted by atomic mass is 79.9. The maximum absolute atomic E-state index is 13.3. The van der Waals surface area contributed by atoms with E-state index in [2.05, 4.69) is 26.5 Å². The zero-order valence-corrected chi connectivity index (χ0v) is 16.2. The third-order valence-corrected chi connectivity index (χ3v) is 4.29. The average molecular weight is 429 g/mol. The lowest BCUT2D eigenvalue weighted by atomic mass is 10.2. The Morgan fingerprint density at radius 2 is 1.89 bits per heavy atom. The number of halogens is 2. The molecular weight excluding hydrogens is 411 g/mol. The van der Waals surface area contributed by atoms with Crippen molar-refractivity contribution in [3.05, 3.63) is 88.1 Å². The molecule has 0 aromatic heterocycles. The van der Waals surface area contributed by atoms with Gasteiger partial charge in [0.05, 0.1) is 23.5 Å². The van der Waals surface area contributed by atoms with Crippen molar-refractivity contribution in [3.8, 4) is 11.5 Å². The topological polar surface area (TPSA) is 42.8 Å². The van der Waals surface area contributed by atoms with Gasteiger partial charge in [0, 0.05) is 0 Å². The Hall–Kier alpha value is -2.86. The van der Waals surface area contributed by atoms with E-state index >= 15 is 0 Å². The van der Waals surface area contributed by atoms with Crippen LogP contribution in [0, 0.1) is 5.82 Å². The monoisotopic (exact) mass is 428 g/mol. The summed E-state index contributed by atoms with van der Waals surface area (Å²) >= 11 is 3.50. The molecule has 0 radical (unpaired) electrons. The van der Waals surface area contributed by atoms with Gasteiger partial charge in [0.1, 0.15) is 12.4 Å². The highest BCUT2D eigenvalue weighted by molar-refractivity contribution is 9.10. The molecule has 0 aliphatic carbocycles. The zero-order chi connectivity index (χ0) is 19.1. The molecule has 4 nitrogen and oxygen atoms in total. The van der Waals surface area contributed by atoms with Crippen LogP contribution >= 0.6 is 15.9 Å². The maximum Gasteiger partial charge on any atom is 0.175 e. The van der Waals surface area contributed by atoms with Crippen molar-refractivity contribution in [2.75, 3.05) is 12.5 Å².